The molecule has 1 fully saturated rings. The summed E-state index contributed by atoms with van der Waals surface area (Å²) in [7, 11) is 0. The lowest BCUT2D eigenvalue weighted by Gasteiger charge is -2.64. The molecule has 0 radical (unpaired) electrons. The van der Waals surface area contributed by atoms with Crippen LogP contribution in [-0.2, 0) is 14.4 Å². The molecule has 1 unspecified atom stereocenters. The monoisotopic (exact) mass is 568 g/mol. The predicted molar refractivity (Wildman–Crippen MR) is 154 cm³/mol. The number of aromatic hydroxyl groups is 1. The van der Waals surface area contributed by atoms with Crippen molar-refractivity contribution in [2.45, 2.75) is 104 Å². The van der Waals surface area contributed by atoms with Crippen molar-refractivity contribution in [2.75, 3.05) is 0 Å². The van der Waals surface area contributed by atoms with Crippen molar-refractivity contribution in [3.63, 3.8) is 0 Å². The van der Waals surface area contributed by atoms with E-state index in [9.17, 15) is 39.9 Å². The van der Waals surface area contributed by atoms with Crippen molar-refractivity contribution in [3.05, 3.63) is 46.2 Å². The zero-order chi connectivity index (χ0) is 30.7. The number of unbranched alkanes of at least 4 members (excludes halogenated alkanes) is 5. The molecule has 0 aliphatic heterocycles. The zero-order valence-electron chi connectivity index (χ0n) is 25.0. The molecule has 41 heavy (non-hydrogen) atoms. The van der Waals surface area contributed by atoms with E-state index in [2.05, 4.69) is 6.92 Å². The van der Waals surface area contributed by atoms with Crippen LogP contribution >= 0.6 is 0 Å². The quantitative estimate of drug-likeness (QED) is 0.195. The Hall–Kier alpha value is -2.97. The fourth-order valence-electron chi connectivity index (χ4n) is 8.31. The number of aliphatic hydroxyl groups excluding tert-OH is 3. The molecule has 3 aliphatic rings. The van der Waals surface area contributed by atoms with Crippen LogP contribution in [0.25, 0.3) is 5.76 Å². The molecule has 1 aromatic rings. The Morgan fingerprint density at radius 1 is 1.00 bits per heavy atom. The van der Waals surface area contributed by atoms with E-state index in [0.717, 1.165) is 45.4 Å². The summed E-state index contributed by atoms with van der Waals surface area (Å²) >= 11 is 0. The van der Waals surface area contributed by atoms with Crippen LogP contribution in [0.4, 0.5) is 0 Å². The molecular formula is C33H44O8. The van der Waals surface area contributed by atoms with Crippen molar-refractivity contribution in [1.82, 2.24) is 0 Å². The fraction of sp³-hybridized carbons (Fsp3) is 0.606. The van der Waals surface area contributed by atoms with Gasteiger partial charge in [-0.3, -0.25) is 14.4 Å². The Morgan fingerprint density at radius 2 is 1.61 bits per heavy atom. The maximum absolute atomic E-state index is 14.6. The third-order valence-corrected chi connectivity index (χ3v) is 10.3. The largest absolute Gasteiger partial charge is 0.508 e. The van der Waals surface area contributed by atoms with Crippen LogP contribution < -0.4 is 0 Å². The molecule has 3 aliphatic carbocycles. The average molecular weight is 569 g/mol. The van der Waals surface area contributed by atoms with Gasteiger partial charge in [-0.1, -0.05) is 85.3 Å². The van der Waals surface area contributed by atoms with Crippen molar-refractivity contribution >= 4 is 23.1 Å². The van der Waals surface area contributed by atoms with E-state index in [1.807, 2.05) is 0 Å². The lowest BCUT2D eigenvalue weighted by atomic mass is 9.40. The normalized spacial score (nSPS) is 33.1. The predicted octanol–water partition coefficient (Wildman–Crippen LogP) is 5.45. The van der Waals surface area contributed by atoms with Gasteiger partial charge < -0.3 is 25.5 Å². The first-order valence-electron chi connectivity index (χ1n) is 14.8. The van der Waals surface area contributed by atoms with Crippen molar-refractivity contribution in [3.8, 4) is 5.75 Å². The van der Waals surface area contributed by atoms with E-state index in [1.54, 1.807) is 32.9 Å². The van der Waals surface area contributed by atoms with Gasteiger partial charge in [0, 0.05) is 16.7 Å². The summed E-state index contributed by atoms with van der Waals surface area (Å²) in [5.41, 5.74) is -6.68. The molecule has 8 nitrogen and oxygen atoms in total. The molecule has 0 bridgehead atoms. The highest BCUT2D eigenvalue weighted by Crippen LogP contribution is 2.68. The number of Topliss-reactive ketones (excluding diaryl/α,β-unsaturated/α-hetero) is 3. The van der Waals surface area contributed by atoms with Crippen LogP contribution in [0.5, 0.6) is 5.75 Å². The van der Waals surface area contributed by atoms with Gasteiger partial charge in [0.15, 0.2) is 17.2 Å². The van der Waals surface area contributed by atoms with Gasteiger partial charge in [-0.05, 0) is 36.8 Å². The first-order chi connectivity index (χ1) is 19.1. The van der Waals surface area contributed by atoms with Gasteiger partial charge in [-0.15, -0.1) is 0 Å². The molecule has 4 rings (SSSR count). The molecule has 0 saturated heterocycles. The molecule has 1 saturated carbocycles. The number of allylic oxidation sites excluding steroid dienone is 1. The molecule has 224 valence electrons. The average Bonchev–Trinajstić information content (AvgIpc) is 2.89. The number of hydrogen-bond acceptors (Lipinski definition) is 8. The SMILES string of the molecule is CCCCCCCC[C@@H]1c2cccc(O)c2C(O)=C2C(=O)[C@@]3(O)C(O)=C(C(C)=O)C(=O)C(C(C)C)[C@@]3(C)[C@H](O)[C@]21C. The van der Waals surface area contributed by atoms with Crippen LogP contribution in [-0.4, -0.2) is 54.6 Å². The van der Waals surface area contributed by atoms with Crippen LogP contribution in [0.3, 0.4) is 0 Å². The van der Waals surface area contributed by atoms with E-state index >= 15 is 0 Å². The highest BCUT2D eigenvalue weighted by atomic mass is 16.4. The van der Waals surface area contributed by atoms with Gasteiger partial charge >= 0.3 is 0 Å². The third kappa shape index (κ3) is 4.04. The van der Waals surface area contributed by atoms with Crippen LogP contribution in [0.1, 0.15) is 104 Å². The summed E-state index contributed by atoms with van der Waals surface area (Å²) in [6, 6.07) is 4.79. The number of benzene rings is 1. The van der Waals surface area contributed by atoms with Crippen molar-refractivity contribution in [1.29, 1.82) is 0 Å². The molecule has 8 heteroatoms. The maximum Gasteiger partial charge on any atom is 0.203 e. The van der Waals surface area contributed by atoms with Crippen molar-refractivity contribution in [2.24, 2.45) is 22.7 Å². The van der Waals surface area contributed by atoms with Gasteiger partial charge in [-0.25, -0.2) is 0 Å². The molecule has 1 aromatic carbocycles. The number of carbonyl (C=O) groups excluding carboxylic acids is 3. The fourth-order valence-corrected chi connectivity index (χ4v) is 8.31. The van der Waals surface area contributed by atoms with E-state index in [1.165, 1.54) is 13.0 Å². The highest BCUT2D eigenvalue weighted by Gasteiger charge is 2.77. The Morgan fingerprint density at radius 3 is 2.20 bits per heavy atom. The number of fused-ring (bicyclic) bond motifs is 3. The Labute approximate surface area is 241 Å². The first kappa shape index (κ1) is 31.0. The second kappa shape index (κ2) is 10.7. The molecular weight excluding hydrogens is 524 g/mol. The van der Waals surface area contributed by atoms with Gasteiger partial charge in [0.1, 0.15) is 22.8 Å². The third-order valence-electron chi connectivity index (χ3n) is 10.3. The number of ketones is 3. The number of rotatable bonds is 9. The summed E-state index contributed by atoms with van der Waals surface area (Å²) < 4.78 is 0. The molecule has 0 spiro atoms. The summed E-state index contributed by atoms with van der Waals surface area (Å²) in [5, 5.41) is 58.5. The molecule has 0 aromatic heterocycles. The summed E-state index contributed by atoms with van der Waals surface area (Å²) in [6.07, 6.45) is 4.92. The van der Waals surface area contributed by atoms with Gasteiger partial charge in [0.2, 0.25) is 5.78 Å². The lowest BCUT2D eigenvalue weighted by Crippen LogP contribution is -2.75. The minimum atomic E-state index is -2.87. The molecule has 0 heterocycles. The van der Waals surface area contributed by atoms with E-state index in [4.69, 9.17) is 0 Å². The zero-order valence-corrected chi connectivity index (χ0v) is 25.0. The van der Waals surface area contributed by atoms with Crippen LogP contribution in [0, 0.1) is 22.7 Å². The summed E-state index contributed by atoms with van der Waals surface area (Å²) in [5.74, 6) is -6.85. The minimum absolute atomic E-state index is 0.0475. The van der Waals surface area contributed by atoms with Crippen LogP contribution in [0.15, 0.2) is 35.1 Å². The Balaban J connectivity index is 2.00. The Kier molecular flexibility index (Phi) is 8.08. The topological polar surface area (TPSA) is 152 Å². The Bertz CT molecular complexity index is 1340. The maximum atomic E-state index is 14.6. The lowest BCUT2D eigenvalue weighted by molar-refractivity contribution is -0.216. The molecule has 6 atom stereocenters. The number of aliphatic hydroxyl groups is 4. The van der Waals surface area contributed by atoms with Gasteiger partial charge in [-0.2, -0.15) is 0 Å². The van der Waals surface area contributed by atoms with Crippen molar-refractivity contribution < 1.29 is 39.9 Å². The molecule has 0 amide bonds. The summed E-state index contributed by atoms with van der Waals surface area (Å²) in [6.45, 7) is 9.71. The van der Waals surface area contributed by atoms with Gasteiger partial charge in [0.05, 0.1) is 17.2 Å². The van der Waals surface area contributed by atoms with E-state index in [-0.39, 0.29) is 16.9 Å². The second-order valence-corrected chi connectivity index (χ2v) is 12.9. The van der Waals surface area contributed by atoms with E-state index < -0.39 is 74.7 Å². The minimum Gasteiger partial charge on any atom is -0.508 e. The number of carbonyl (C=O) groups is 3. The number of phenols is 1. The van der Waals surface area contributed by atoms with Gasteiger partial charge in [0.25, 0.3) is 0 Å². The standard InChI is InChI=1S/C33H44O8/c1-7-8-9-10-11-12-15-20-19-14-13-16-21(35)23(19)27(37)25-29(39)33(41)28(38)22(18(4)34)26(36)24(17(2)3)32(33,6)30(40)31(20,25)5/h13-14,16-17,20,24,30,35,37-38,40-41H,7-12,15H2,1-6H3/t20-,24?,30-,31+,32+,33+/m1/s1. The number of phenolic OH excluding ortho intramolecular Hbond substituents is 1. The first-order valence-corrected chi connectivity index (χ1v) is 14.8. The van der Waals surface area contributed by atoms with Crippen LogP contribution in [0.2, 0.25) is 0 Å². The highest BCUT2D eigenvalue weighted by molar-refractivity contribution is 6.24. The smallest absolute Gasteiger partial charge is 0.203 e. The van der Waals surface area contributed by atoms with E-state index in [0.29, 0.717) is 12.0 Å². The molecule has 5 N–H and O–H groups in total. The second-order valence-electron chi connectivity index (χ2n) is 12.9. The number of hydrogen-bond donors (Lipinski definition) is 5. The summed E-state index contributed by atoms with van der Waals surface area (Å²) in [4.78, 5) is 40.9.